The molecule has 0 saturated carbocycles. The topological polar surface area (TPSA) is 26.3 Å². The van der Waals surface area contributed by atoms with E-state index in [1.54, 1.807) is 0 Å². The highest BCUT2D eigenvalue weighted by Crippen LogP contribution is 2.31. The molecule has 0 bridgehead atoms. The zero-order valence-corrected chi connectivity index (χ0v) is 11.3. The van der Waals surface area contributed by atoms with E-state index in [1.807, 2.05) is 43.3 Å². The van der Waals surface area contributed by atoms with Gasteiger partial charge in [0.25, 0.3) is 0 Å². The third kappa shape index (κ3) is 4.41. The molecule has 0 saturated heterocycles. The second-order valence-electron chi connectivity index (χ2n) is 3.77. The molecule has 0 amide bonds. The van der Waals surface area contributed by atoms with Crippen LogP contribution in [-0.4, -0.2) is 17.4 Å². The van der Waals surface area contributed by atoms with E-state index in [4.69, 9.17) is 23.2 Å². The van der Waals surface area contributed by atoms with Gasteiger partial charge in [0.2, 0.25) is 4.33 Å². The first-order chi connectivity index (χ1) is 7.95. The summed E-state index contributed by atoms with van der Waals surface area (Å²) in [5.41, 5.74) is 1.95. The summed E-state index contributed by atoms with van der Waals surface area (Å²) >= 11 is 11.8. The average Bonchev–Trinajstić information content (AvgIpc) is 2.28. The maximum Gasteiger partial charge on any atom is 0.342 e. The van der Waals surface area contributed by atoms with Gasteiger partial charge in [-0.3, -0.25) is 0 Å². The fourth-order valence-corrected chi connectivity index (χ4v) is 2.03. The average molecular weight is 273 g/mol. The van der Waals surface area contributed by atoms with E-state index >= 15 is 0 Å². The van der Waals surface area contributed by atoms with Crippen molar-refractivity contribution in [1.29, 1.82) is 0 Å². The van der Waals surface area contributed by atoms with Crippen molar-refractivity contribution in [3.63, 3.8) is 0 Å². The highest BCUT2D eigenvalue weighted by atomic mass is 35.5. The van der Waals surface area contributed by atoms with Gasteiger partial charge in [0, 0.05) is 6.42 Å². The number of ether oxygens (including phenoxy) is 1. The fraction of sp³-hybridized carbons (Fsp3) is 0.308. The number of halogens is 2. The van der Waals surface area contributed by atoms with Crippen LogP contribution in [0.5, 0.6) is 0 Å². The van der Waals surface area contributed by atoms with Crippen LogP contribution in [0.1, 0.15) is 18.9 Å². The van der Waals surface area contributed by atoms with Crippen molar-refractivity contribution in [3.8, 4) is 0 Å². The van der Waals surface area contributed by atoms with E-state index in [9.17, 15) is 4.79 Å². The Kier molecular flexibility index (Phi) is 5.03. The normalized spacial score (nSPS) is 12.4. The van der Waals surface area contributed by atoms with Crippen LogP contribution in [0.4, 0.5) is 0 Å². The molecule has 0 spiro atoms. The van der Waals surface area contributed by atoms with E-state index in [0.717, 1.165) is 11.1 Å². The number of methoxy groups -OCH3 is 1. The highest BCUT2D eigenvalue weighted by molar-refractivity contribution is 6.57. The molecule has 1 rings (SSSR count). The molecule has 0 N–H and O–H groups in total. The van der Waals surface area contributed by atoms with Gasteiger partial charge in [-0.05, 0) is 12.5 Å². The van der Waals surface area contributed by atoms with Gasteiger partial charge in [-0.25, -0.2) is 4.79 Å². The van der Waals surface area contributed by atoms with Crippen molar-refractivity contribution in [2.45, 2.75) is 17.7 Å². The molecule has 0 aromatic heterocycles. The van der Waals surface area contributed by atoms with Crippen molar-refractivity contribution < 1.29 is 9.53 Å². The molecule has 0 aliphatic carbocycles. The lowest BCUT2D eigenvalue weighted by Crippen LogP contribution is -2.27. The Morgan fingerprint density at radius 1 is 1.35 bits per heavy atom. The maximum atomic E-state index is 11.3. The number of hydrogen-bond acceptors (Lipinski definition) is 2. The molecule has 0 aliphatic heterocycles. The number of carbonyl (C=O) groups is 1. The highest BCUT2D eigenvalue weighted by Gasteiger charge is 2.34. The number of alkyl halides is 2. The molecule has 0 atom stereocenters. The lowest BCUT2D eigenvalue weighted by Gasteiger charge is -2.16. The zero-order chi connectivity index (χ0) is 12.9. The van der Waals surface area contributed by atoms with Crippen LogP contribution in [0.15, 0.2) is 35.9 Å². The van der Waals surface area contributed by atoms with Gasteiger partial charge in [-0.15, -0.1) is 0 Å². The van der Waals surface area contributed by atoms with Crippen LogP contribution in [-0.2, 0) is 9.53 Å². The van der Waals surface area contributed by atoms with E-state index < -0.39 is 10.3 Å². The fourth-order valence-electron chi connectivity index (χ4n) is 1.46. The number of allylic oxidation sites excluding steroid dienone is 1. The third-order valence-electron chi connectivity index (χ3n) is 2.20. The molecule has 0 aliphatic rings. The van der Waals surface area contributed by atoms with E-state index in [0.29, 0.717) is 0 Å². The monoisotopic (exact) mass is 272 g/mol. The van der Waals surface area contributed by atoms with Crippen molar-refractivity contribution in [1.82, 2.24) is 0 Å². The Balaban J connectivity index is 2.76. The minimum atomic E-state index is -1.52. The molecule has 1 aromatic carbocycles. The van der Waals surface area contributed by atoms with Crippen molar-refractivity contribution >= 4 is 35.2 Å². The molecule has 4 heteroatoms. The van der Waals surface area contributed by atoms with Crippen molar-refractivity contribution in [2.24, 2.45) is 0 Å². The SMILES string of the molecule is COC(=O)C(Cl)(Cl)C/C(C)=C/c1ccccc1. The van der Waals surface area contributed by atoms with Gasteiger partial charge in [0.15, 0.2) is 0 Å². The molecule has 2 nitrogen and oxygen atoms in total. The van der Waals surface area contributed by atoms with Crippen LogP contribution < -0.4 is 0 Å². The van der Waals surface area contributed by atoms with E-state index in [1.165, 1.54) is 7.11 Å². The first-order valence-corrected chi connectivity index (χ1v) is 5.90. The van der Waals surface area contributed by atoms with E-state index in [2.05, 4.69) is 4.74 Å². The first kappa shape index (κ1) is 14.1. The summed E-state index contributed by atoms with van der Waals surface area (Å²) in [7, 11) is 1.26. The minimum absolute atomic E-state index is 0.234. The smallest absolute Gasteiger partial charge is 0.342 e. The Morgan fingerprint density at radius 2 is 1.94 bits per heavy atom. The summed E-state index contributed by atoms with van der Waals surface area (Å²) in [5, 5.41) is 0. The zero-order valence-electron chi connectivity index (χ0n) is 9.74. The van der Waals surface area contributed by atoms with Crippen LogP contribution in [0.3, 0.4) is 0 Å². The van der Waals surface area contributed by atoms with Crippen molar-refractivity contribution in [3.05, 3.63) is 41.5 Å². The number of rotatable bonds is 4. The molecule has 1 aromatic rings. The van der Waals surface area contributed by atoms with Crippen LogP contribution in [0, 0.1) is 0 Å². The number of benzene rings is 1. The van der Waals surface area contributed by atoms with Crippen LogP contribution >= 0.6 is 23.2 Å². The van der Waals surface area contributed by atoms with Crippen LogP contribution in [0.2, 0.25) is 0 Å². The lowest BCUT2D eigenvalue weighted by atomic mass is 10.1. The second-order valence-corrected chi connectivity index (χ2v) is 5.26. The number of hydrogen-bond donors (Lipinski definition) is 0. The molecule has 92 valence electrons. The summed E-state index contributed by atoms with van der Waals surface area (Å²) in [6.07, 6.45) is 2.17. The maximum absolute atomic E-state index is 11.3. The van der Waals surface area contributed by atoms with Gasteiger partial charge in [0.05, 0.1) is 7.11 Å². The van der Waals surface area contributed by atoms with Gasteiger partial charge in [-0.2, -0.15) is 0 Å². The molecular weight excluding hydrogens is 259 g/mol. The quantitative estimate of drug-likeness (QED) is 0.615. The van der Waals surface area contributed by atoms with Gasteiger partial charge in [-0.1, -0.05) is 65.2 Å². The molecule has 17 heavy (non-hydrogen) atoms. The van der Waals surface area contributed by atoms with Crippen LogP contribution in [0.25, 0.3) is 6.08 Å². The Hall–Kier alpha value is -0.990. The predicted octanol–water partition coefficient (Wildman–Crippen LogP) is 3.83. The summed E-state index contributed by atoms with van der Waals surface area (Å²) < 4.78 is 3.01. The second kappa shape index (κ2) is 6.08. The Labute approximate surface area is 111 Å². The predicted molar refractivity (Wildman–Crippen MR) is 71.2 cm³/mol. The Morgan fingerprint density at radius 3 is 2.47 bits per heavy atom. The molecule has 0 unspecified atom stereocenters. The summed E-state index contributed by atoms with van der Waals surface area (Å²) in [5.74, 6) is -0.637. The Bertz CT molecular complexity index is 411. The number of esters is 1. The van der Waals surface area contributed by atoms with E-state index in [-0.39, 0.29) is 6.42 Å². The summed E-state index contributed by atoms with van der Waals surface area (Å²) in [4.78, 5) is 11.3. The summed E-state index contributed by atoms with van der Waals surface area (Å²) in [6.45, 7) is 1.87. The first-order valence-electron chi connectivity index (χ1n) is 5.14. The standard InChI is InChI=1S/C13H14Cl2O2/c1-10(8-11-6-4-3-5-7-11)9-13(14,15)12(16)17-2/h3-8H,9H2,1-2H3/b10-8+. The molecule has 0 heterocycles. The molecule has 0 radical (unpaired) electrons. The van der Waals surface area contributed by atoms with Gasteiger partial charge in [0.1, 0.15) is 0 Å². The molecular formula is C13H14Cl2O2. The minimum Gasteiger partial charge on any atom is -0.467 e. The lowest BCUT2D eigenvalue weighted by molar-refractivity contribution is -0.141. The van der Waals surface area contributed by atoms with Crippen molar-refractivity contribution in [2.75, 3.05) is 7.11 Å². The summed E-state index contributed by atoms with van der Waals surface area (Å²) in [6, 6.07) is 9.74. The third-order valence-corrected chi connectivity index (χ3v) is 2.77. The largest absolute Gasteiger partial charge is 0.467 e. The molecule has 0 fully saturated rings. The van der Waals surface area contributed by atoms with Gasteiger partial charge >= 0.3 is 5.97 Å². The number of carbonyl (C=O) groups excluding carboxylic acids is 1. The van der Waals surface area contributed by atoms with Gasteiger partial charge < -0.3 is 4.74 Å².